The molecule has 0 fully saturated rings. The number of benzene rings is 1. The summed E-state index contributed by atoms with van der Waals surface area (Å²) < 4.78 is 5.66. The van der Waals surface area contributed by atoms with Gasteiger partial charge in [-0.1, -0.05) is 32.9 Å². The second kappa shape index (κ2) is 5.85. The Hall–Kier alpha value is -1.88. The molecule has 1 aromatic carbocycles. The van der Waals surface area contributed by atoms with Crippen LogP contribution < -0.4 is 4.74 Å². The minimum absolute atomic E-state index is 0.112. The van der Waals surface area contributed by atoms with Gasteiger partial charge in [-0.3, -0.25) is 0 Å². The lowest BCUT2D eigenvalue weighted by Gasteiger charge is -2.19. The zero-order chi connectivity index (χ0) is 15.6. The van der Waals surface area contributed by atoms with E-state index in [1.54, 1.807) is 6.92 Å². The maximum Gasteiger partial charge on any atom is 0.347 e. The van der Waals surface area contributed by atoms with Gasteiger partial charge in [0.2, 0.25) is 0 Å². The Morgan fingerprint density at radius 2 is 1.90 bits per heavy atom. The van der Waals surface area contributed by atoms with Crippen LogP contribution in [0.4, 0.5) is 0 Å². The first-order chi connectivity index (χ1) is 9.77. The highest BCUT2D eigenvalue weighted by Crippen LogP contribution is 2.25. The lowest BCUT2D eigenvalue weighted by molar-refractivity contribution is 0.0701. The molecule has 0 unspecified atom stereocenters. The monoisotopic (exact) mass is 305 g/mol. The maximum absolute atomic E-state index is 11.0. The van der Waals surface area contributed by atoms with Crippen molar-refractivity contribution in [2.45, 2.75) is 39.7 Å². The predicted molar refractivity (Wildman–Crippen MR) is 83.3 cm³/mol. The van der Waals surface area contributed by atoms with Crippen molar-refractivity contribution in [3.63, 3.8) is 0 Å². The van der Waals surface area contributed by atoms with Gasteiger partial charge in [0.05, 0.1) is 5.69 Å². The summed E-state index contributed by atoms with van der Waals surface area (Å²) in [5, 5.41) is 9.67. The molecule has 1 N–H and O–H groups in total. The molecule has 0 saturated carbocycles. The first kappa shape index (κ1) is 15.5. The second-order valence-corrected chi connectivity index (χ2v) is 6.97. The van der Waals surface area contributed by atoms with Crippen molar-refractivity contribution in [3.05, 3.63) is 45.4 Å². The molecule has 2 rings (SSSR count). The normalized spacial score (nSPS) is 11.4. The fraction of sp³-hybridized carbons (Fsp3) is 0.375. The summed E-state index contributed by atoms with van der Waals surface area (Å²) in [5.74, 6) is -0.182. The van der Waals surface area contributed by atoms with Crippen LogP contribution in [0.25, 0.3) is 0 Å². The molecular weight excluding hydrogens is 286 g/mol. The lowest BCUT2D eigenvalue weighted by Crippen LogP contribution is -2.10. The third-order valence-corrected chi connectivity index (χ3v) is 4.24. The van der Waals surface area contributed by atoms with E-state index in [4.69, 9.17) is 9.84 Å². The Balaban J connectivity index is 2.03. The largest absolute Gasteiger partial charge is 0.486 e. The SMILES string of the molecule is Cc1nc(COc2ccc(C(C)(C)C)cc2)sc1C(=O)O. The average molecular weight is 305 g/mol. The van der Waals surface area contributed by atoms with Gasteiger partial charge >= 0.3 is 5.97 Å². The van der Waals surface area contributed by atoms with Crippen molar-refractivity contribution in [2.75, 3.05) is 0 Å². The molecule has 0 bridgehead atoms. The Morgan fingerprint density at radius 3 is 2.38 bits per heavy atom. The number of thiazole rings is 1. The molecule has 0 aliphatic rings. The molecule has 0 spiro atoms. The highest BCUT2D eigenvalue weighted by Gasteiger charge is 2.15. The van der Waals surface area contributed by atoms with E-state index in [1.807, 2.05) is 24.3 Å². The van der Waals surface area contributed by atoms with Gasteiger partial charge in [-0.15, -0.1) is 11.3 Å². The third kappa shape index (κ3) is 3.82. The summed E-state index contributed by atoms with van der Waals surface area (Å²) in [4.78, 5) is 15.5. The van der Waals surface area contributed by atoms with Crippen LogP contribution in [0, 0.1) is 6.92 Å². The van der Waals surface area contributed by atoms with Crippen molar-refractivity contribution in [2.24, 2.45) is 0 Å². The number of rotatable bonds is 4. The van der Waals surface area contributed by atoms with Crippen molar-refractivity contribution in [3.8, 4) is 5.75 Å². The van der Waals surface area contributed by atoms with Gasteiger partial charge in [0.25, 0.3) is 0 Å². The molecule has 0 amide bonds. The fourth-order valence-corrected chi connectivity index (χ4v) is 2.73. The van der Waals surface area contributed by atoms with Crippen LogP contribution in [0.3, 0.4) is 0 Å². The number of hydrogen-bond acceptors (Lipinski definition) is 4. The van der Waals surface area contributed by atoms with E-state index in [-0.39, 0.29) is 16.9 Å². The van der Waals surface area contributed by atoms with E-state index < -0.39 is 5.97 Å². The first-order valence-electron chi connectivity index (χ1n) is 6.70. The average Bonchev–Trinajstić information content (AvgIpc) is 2.77. The summed E-state index contributed by atoms with van der Waals surface area (Å²) in [6.07, 6.45) is 0. The smallest absolute Gasteiger partial charge is 0.347 e. The first-order valence-corrected chi connectivity index (χ1v) is 7.52. The summed E-state index contributed by atoms with van der Waals surface area (Å²) in [5.41, 5.74) is 1.89. The van der Waals surface area contributed by atoms with Crippen LogP contribution in [0.2, 0.25) is 0 Å². The molecule has 1 aromatic heterocycles. The summed E-state index contributed by atoms with van der Waals surface area (Å²) in [6.45, 7) is 8.47. The topological polar surface area (TPSA) is 59.4 Å². The number of carbonyl (C=O) groups is 1. The number of aryl methyl sites for hydroxylation is 1. The van der Waals surface area contributed by atoms with Crippen molar-refractivity contribution in [1.29, 1.82) is 0 Å². The highest BCUT2D eigenvalue weighted by molar-refractivity contribution is 7.13. The number of carboxylic acids is 1. The zero-order valence-electron chi connectivity index (χ0n) is 12.6. The zero-order valence-corrected chi connectivity index (χ0v) is 13.5. The van der Waals surface area contributed by atoms with E-state index >= 15 is 0 Å². The maximum atomic E-state index is 11.0. The Kier molecular flexibility index (Phi) is 4.32. The Labute approximate surface area is 128 Å². The number of nitrogens with zero attached hydrogens (tertiary/aromatic N) is 1. The standard InChI is InChI=1S/C16H19NO3S/c1-10-14(15(18)19)21-13(17-10)9-20-12-7-5-11(6-8-12)16(2,3)4/h5-8H,9H2,1-4H3,(H,18,19). The molecule has 0 aliphatic carbocycles. The molecule has 2 aromatic rings. The molecule has 0 atom stereocenters. The van der Waals surface area contributed by atoms with E-state index in [1.165, 1.54) is 5.56 Å². The quantitative estimate of drug-likeness (QED) is 0.926. The molecule has 0 aliphatic heterocycles. The molecular formula is C16H19NO3S. The van der Waals surface area contributed by atoms with E-state index in [9.17, 15) is 4.79 Å². The van der Waals surface area contributed by atoms with Crippen molar-refractivity contribution < 1.29 is 14.6 Å². The third-order valence-electron chi connectivity index (χ3n) is 3.12. The summed E-state index contributed by atoms with van der Waals surface area (Å²) >= 11 is 1.16. The molecule has 5 heteroatoms. The van der Waals surface area contributed by atoms with Gasteiger partial charge in [0.15, 0.2) is 0 Å². The van der Waals surface area contributed by atoms with E-state index in [0.29, 0.717) is 10.7 Å². The van der Waals surface area contributed by atoms with Gasteiger partial charge in [0, 0.05) is 0 Å². The summed E-state index contributed by atoms with van der Waals surface area (Å²) in [6, 6.07) is 7.95. The van der Waals surface area contributed by atoms with Crippen LogP contribution in [-0.2, 0) is 12.0 Å². The predicted octanol–water partition coefficient (Wildman–Crippen LogP) is 4.03. The molecule has 21 heavy (non-hydrogen) atoms. The Bertz CT molecular complexity index is 639. The van der Waals surface area contributed by atoms with Gasteiger partial charge in [-0.2, -0.15) is 0 Å². The lowest BCUT2D eigenvalue weighted by atomic mass is 9.87. The van der Waals surface area contributed by atoms with Crippen LogP contribution in [0.1, 0.15) is 46.7 Å². The van der Waals surface area contributed by atoms with Gasteiger partial charge < -0.3 is 9.84 Å². The second-order valence-electron chi connectivity index (χ2n) is 5.89. The number of aromatic nitrogens is 1. The van der Waals surface area contributed by atoms with Crippen LogP contribution >= 0.6 is 11.3 Å². The van der Waals surface area contributed by atoms with Crippen LogP contribution in [-0.4, -0.2) is 16.1 Å². The van der Waals surface area contributed by atoms with E-state index in [2.05, 4.69) is 25.8 Å². The molecule has 4 nitrogen and oxygen atoms in total. The van der Waals surface area contributed by atoms with Gasteiger partial charge in [-0.25, -0.2) is 9.78 Å². The molecule has 1 heterocycles. The highest BCUT2D eigenvalue weighted by atomic mass is 32.1. The molecule has 0 radical (unpaired) electrons. The van der Waals surface area contributed by atoms with Crippen LogP contribution in [0.15, 0.2) is 24.3 Å². The Morgan fingerprint density at radius 1 is 1.29 bits per heavy atom. The number of hydrogen-bond donors (Lipinski definition) is 1. The minimum atomic E-state index is -0.939. The van der Waals surface area contributed by atoms with Gasteiger partial charge in [-0.05, 0) is 30.0 Å². The van der Waals surface area contributed by atoms with Crippen LogP contribution in [0.5, 0.6) is 5.75 Å². The number of ether oxygens (including phenoxy) is 1. The summed E-state index contributed by atoms with van der Waals surface area (Å²) in [7, 11) is 0. The molecule has 0 saturated heterocycles. The number of aromatic carboxylic acids is 1. The van der Waals surface area contributed by atoms with Crippen molar-refractivity contribution in [1.82, 2.24) is 4.98 Å². The van der Waals surface area contributed by atoms with Crippen molar-refractivity contribution >= 4 is 17.3 Å². The fourth-order valence-electron chi connectivity index (χ4n) is 1.91. The minimum Gasteiger partial charge on any atom is -0.486 e. The van der Waals surface area contributed by atoms with E-state index in [0.717, 1.165) is 17.1 Å². The number of carboxylic acid groups (broad SMARTS) is 1. The van der Waals surface area contributed by atoms with Gasteiger partial charge in [0.1, 0.15) is 22.2 Å². The molecule has 112 valence electrons.